The zero-order valence-electron chi connectivity index (χ0n) is 7.93. The summed E-state index contributed by atoms with van der Waals surface area (Å²) in [6.07, 6.45) is 0.243. The van der Waals surface area contributed by atoms with Crippen molar-refractivity contribution in [2.24, 2.45) is 0 Å². The molecule has 4 heteroatoms. The number of rotatable bonds is 8. The largest absolute Gasteiger partial charge is 0.380 e. The van der Waals surface area contributed by atoms with Crippen molar-refractivity contribution in [3.05, 3.63) is 12.7 Å². The monoisotopic (exact) mass is 193 g/mol. The molecule has 2 nitrogen and oxygen atoms in total. The van der Waals surface area contributed by atoms with Crippen molar-refractivity contribution in [2.45, 2.75) is 25.8 Å². The van der Waals surface area contributed by atoms with Gasteiger partial charge >= 0.3 is 0 Å². The van der Waals surface area contributed by atoms with Gasteiger partial charge in [-0.3, -0.25) is 0 Å². The Morgan fingerprint density at radius 1 is 1.46 bits per heavy atom. The van der Waals surface area contributed by atoms with Crippen LogP contribution in [0.15, 0.2) is 12.7 Å². The molecule has 0 saturated carbocycles. The van der Waals surface area contributed by atoms with Gasteiger partial charge in [0.15, 0.2) is 0 Å². The highest BCUT2D eigenvalue weighted by molar-refractivity contribution is 4.65. The van der Waals surface area contributed by atoms with Crippen molar-refractivity contribution in [3.63, 3.8) is 0 Å². The van der Waals surface area contributed by atoms with Crippen molar-refractivity contribution in [3.8, 4) is 0 Å². The van der Waals surface area contributed by atoms with E-state index in [0.717, 1.165) is 6.42 Å². The number of hydrogen-bond donors (Lipinski definition) is 1. The van der Waals surface area contributed by atoms with Crippen LogP contribution in [-0.2, 0) is 4.74 Å². The highest BCUT2D eigenvalue weighted by Crippen LogP contribution is 1.98. The molecule has 0 aromatic rings. The van der Waals surface area contributed by atoms with E-state index in [0.29, 0.717) is 19.8 Å². The number of halogens is 2. The molecule has 0 amide bonds. The Bertz CT molecular complexity index is 131. The SMILES string of the molecule is C=CCCOCCNC(C)C(F)F. The third-order valence-corrected chi connectivity index (χ3v) is 1.56. The minimum atomic E-state index is -2.31. The van der Waals surface area contributed by atoms with Crippen molar-refractivity contribution < 1.29 is 13.5 Å². The summed E-state index contributed by atoms with van der Waals surface area (Å²) in [6, 6.07) is -0.761. The van der Waals surface area contributed by atoms with Gasteiger partial charge in [0.2, 0.25) is 0 Å². The Morgan fingerprint density at radius 2 is 2.15 bits per heavy atom. The smallest absolute Gasteiger partial charge is 0.253 e. The summed E-state index contributed by atoms with van der Waals surface area (Å²) in [5.41, 5.74) is 0. The first-order chi connectivity index (χ1) is 6.18. The summed E-state index contributed by atoms with van der Waals surface area (Å²) in [7, 11) is 0. The Labute approximate surface area is 78.0 Å². The highest BCUT2D eigenvalue weighted by Gasteiger charge is 2.12. The van der Waals surface area contributed by atoms with Crippen LogP contribution in [0.1, 0.15) is 13.3 Å². The summed E-state index contributed by atoms with van der Waals surface area (Å²) in [5, 5.41) is 2.66. The normalized spacial score (nSPS) is 13.2. The van der Waals surface area contributed by atoms with E-state index < -0.39 is 12.5 Å². The summed E-state index contributed by atoms with van der Waals surface area (Å²) in [4.78, 5) is 0. The fourth-order valence-corrected chi connectivity index (χ4v) is 0.717. The average Bonchev–Trinajstić information content (AvgIpc) is 2.10. The van der Waals surface area contributed by atoms with E-state index in [1.54, 1.807) is 6.08 Å². The second kappa shape index (κ2) is 8.13. The Kier molecular flexibility index (Phi) is 7.83. The Balaban J connectivity index is 3.11. The predicted octanol–water partition coefficient (Wildman–Crippen LogP) is 1.82. The first-order valence-corrected chi connectivity index (χ1v) is 4.38. The van der Waals surface area contributed by atoms with E-state index in [2.05, 4.69) is 11.9 Å². The number of alkyl halides is 2. The van der Waals surface area contributed by atoms with Gasteiger partial charge in [-0.25, -0.2) is 8.78 Å². The van der Waals surface area contributed by atoms with E-state index in [1.807, 2.05) is 0 Å². The zero-order valence-corrected chi connectivity index (χ0v) is 7.93. The molecule has 0 aliphatic heterocycles. The van der Waals surface area contributed by atoms with Crippen molar-refractivity contribution in [1.82, 2.24) is 5.32 Å². The molecule has 13 heavy (non-hydrogen) atoms. The number of ether oxygens (including phenoxy) is 1. The van der Waals surface area contributed by atoms with Crippen molar-refractivity contribution in [1.29, 1.82) is 0 Å². The average molecular weight is 193 g/mol. The standard InChI is InChI=1S/C9H17F2NO/c1-3-4-6-13-7-5-12-8(2)9(10)11/h3,8-9,12H,1,4-7H2,2H3. The zero-order chi connectivity index (χ0) is 10.1. The molecule has 1 N–H and O–H groups in total. The Morgan fingerprint density at radius 3 is 2.69 bits per heavy atom. The minimum Gasteiger partial charge on any atom is -0.380 e. The second-order valence-electron chi connectivity index (χ2n) is 2.77. The lowest BCUT2D eigenvalue weighted by molar-refractivity contribution is 0.0932. The molecular formula is C9H17F2NO. The lowest BCUT2D eigenvalue weighted by Gasteiger charge is -2.12. The summed E-state index contributed by atoms with van der Waals surface area (Å²) in [6.45, 7) is 6.52. The molecule has 0 heterocycles. The van der Waals surface area contributed by atoms with Crippen LogP contribution in [0.4, 0.5) is 8.78 Å². The van der Waals surface area contributed by atoms with Crippen LogP contribution in [0, 0.1) is 0 Å². The van der Waals surface area contributed by atoms with Crippen molar-refractivity contribution >= 4 is 0 Å². The van der Waals surface area contributed by atoms with Gasteiger partial charge in [0.05, 0.1) is 19.3 Å². The molecular weight excluding hydrogens is 176 g/mol. The molecule has 1 unspecified atom stereocenters. The van der Waals surface area contributed by atoms with E-state index in [1.165, 1.54) is 6.92 Å². The molecule has 0 rings (SSSR count). The molecule has 0 aromatic heterocycles. The highest BCUT2D eigenvalue weighted by atomic mass is 19.3. The first-order valence-electron chi connectivity index (χ1n) is 4.38. The van der Waals surface area contributed by atoms with Crippen LogP contribution >= 0.6 is 0 Å². The fourth-order valence-electron chi connectivity index (χ4n) is 0.717. The lowest BCUT2D eigenvalue weighted by atomic mass is 10.3. The third kappa shape index (κ3) is 7.87. The second-order valence-corrected chi connectivity index (χ2v) is 2.77. The molecule has 78 valence electrons. The maximum absolute atomic E-state index is 11.9. The summed E-state index contributed by atoms with van der Waals surface area (Å²) in [5.74, 6) is 0. The fraction of sp³-hybridized carbons (Fsp3) is 0.778. The van der Waals surface area contributed by atoms with Crippen LogP contribution in [0.2, 0.25) is 0 Å². The van der Waals surface area contributed by atoms with Gasteiger partial charge in [-0.1, -0.05) is 6.08 Å². The van der Waals surface area contributed by atoms with E-state index in [9.17, 15) is 8.78 Å². The maximum Gasteiger partial charge on any atom is 0.253 e. The molecule has 0 aliphatic rings. The van der Waals surface area contributed by atoms with Gasteiger partial charge in [-0.2, -0.15) is 0 Å². The van der Waals surface area contributed by atoms with Gasteiger partial charge < -0.3 is 10.1 Å². The van der Waals surface area contributed by atoms with Crippen LogP contribution in [0.3, 0.4) is 0 Å². The lowest BCUT2D eigenvalue weighted by Crippen LogP contribution is -2.34. The molecule has 0 aliphatic carbocycles. The molecule has 0 saturated heterocycles. The van der Waals surface area contributed by atoms with Crippen LogP contribution in [-0.4, -0.2) is 32.2 Å². The van der Waals surface area contributed by atoms with Gasteiger partial charge in [-0.15, -0.1) is 6.58 Å². The summed E-state index contributed by atoms with van der Waals surface area (Å²) < 4.78 is 29.0. The van der Waals surface area contributed by atoms with Crippen LogP contribution in [0.5, 0.6) is 0 Å². The van der Waals surface area contributed by atoms with Gasteiger partial charge in [0.25, 0.3) is 6.43 Å². The van der Waals surface area contributed by atoms with E-state index in [-0.39, 0.29) is 0 Å². The molecule has 0 aromatic carbocycles. The van der Waals surface area contributed by atoms with Crippen LogP contribution < -0.4 is 5.32 Å². The van der Waals surface area contributed by atoms with Gasteiger partial charge in [0.1, 0.15) is 0 Å². The van der Waals surface area contributed by atoms with Gasteiger partial charge in [-0.05, 0) is 13.3 Å². The molecule has 0 fully saturated rings. The Hall–Kier alpha value is -0.480. The van der Waals surface area contributed by atoms with Crippen molar-refractivity contribution in [2.75, 3.05) is 19.8 Å². The maximum atomic E-state index is 11.9. The minimum absolute atomic E-state index is 0.461. The van der Waals surface area contributed by atoms with Gasteiger partial charge in [0, 0.05) is 6.54 Å². The quantitative estimate of drug-likeness (QED) is 0.469. The number of nitrogens with one attached hydrogen (secondary N) is 1. The molecule has 0 spiro atoms. The summed E-state index contributed by atoms with van der Waals surface area (Å²) >= 11 is 0. The van der Waals surface area contributed by atoms with E-state index >= 15 is 0 Å². The van der Waals surface area contributed by atoms with E-state index in [4.69, 9.17) is 4.74 Å². The predicted molar refractivity (Wildman–Crippen MR) is 49.1 cm³/mol. The molecule has 1 atom stereocenters. The first kappa shape index (κ1) is 12.5. The molecule has 0 bridgehead atoms. The topological polar surface area (TPSA) is 21.3 Å². The van der Waals surface area contributed by atoms with Crippen LogP contribution in [0.25, 0.3) is 0 Å². The molecule has 0 radical (unpaired) electrons. The number of hydrogen-bond acceptors (Lipinski definition) is 2. The third-order valence-electron chi connectivity index (χ3n) is 1.56.